The molecule has 0 saturated carbocycles. The Morgan fingerprint density at radius 2 is 1.62 bits per heavy atom. The number of aliphatic hydroxyl groups excluding tert-OH is 5. The Bertz CT molecular complexity index is 175. The molecule has 7 heteroatoms. The maximum Gasteiger partial charge on any atom is 0.228 e. The molecule has 0 spiro atoms. The molecule has 0 heterocycles. The summed E-state index contributed by atoms with van der Waals surface area (Å²) in [6, 6.07) is 0. The molecule has 0 saturated heterocycles. The molecule has 6 nitrogen and oxygen atoms in total. The summed E-state index contributed by atoms with van der Waals surface area (Å²) in [5.74, 6) is 0. The Hall–Kier alpha value is -0.0500. The number of hydrogen-bond acceptors (Lipinski definition) is 6. The summed E-state index contributed by atoms with van der Waals surface area (Å²) in [6.45, 7) is -0.776. The summed E-state index contributed by atoms with van der Waals surface area (Å²) < 4.78 is -0.913. The van der Waals surface area contributed by atoms with E-state index in [1.54, 1.807) is 0 Å². The number of hydrogen-bond donors (Lipinski definition) is 5. The highest BCUT2D eigenvalue weighted by Gasteiger charge is 2.32. The lowest BCUT2D eigenvalue weighted by atomic mass is 10.0. The minimum atomic E-state index is -1.84. The van der Waals surface area contributed by atoms with Gasteiger partial charge < -0.3 is 25.5 Å². The first-order chi connectivity index (χ1) is 5.91. The minimum absolute atomic E-state index is 0.776. The van der Waals surface area contributed by atoms with Gasteiger partial charge in [0.25, 0.3) is 0 Å². The molecule has 0 aromatic carbocycles. The number of carbonyl (C=O) groups is 1. The normalized spacial score (nSPS) is 20.5. The molecule has 4 atom stereocenters. The van der Waals surface area contributed by atoms with Gasteiger partial charge >= 0.3 is 0 Å². The van der Waals surface area contributed by atoms with Gasteiger partial charge in [0, 0.05) is 0 Å². The van der Waals surface area contributed by atoms with E-state index in [9.17, 15) is 4.79 Å². The van der Waals surface area contributed by atoms with Crippen LogP contribution < -0.4 is 0 Å². The highest BCUT2D eigenvalue weighted by molar-refractivity contribution is 9.18. The monoisotopic (exact) mass is 258 g/mol. The Morgan fingerprint density at radius 1 is 1.15 bits per heavy atom. The Balaban J connectivity index is 4.24. The van der Waals surface area contributed by atoms with E-state index in [-0.39, 0.29) is 0 Å². The van der Waals surface area contributed by atoms with Crippen molar-refractivity contribution in [3.8, 4) is 0 Å². The van der Waals surface area contributed by atoms with Crippen LogP contribution in [-0.2, 0) is 4.79 Å². The molecule has 78 valence electrons. The zero-order valence-electron chi connectivity index (χ0n) is 6.54. The van der Waals surface area contributed by atoms with Gasteiger partial charge in [-0.15, -0.1) is 0 Å². The summed E-state index contributed by atoms with van der Waals surface area (Å²) >= 11 is 2.38. The molecular weight excluding hydrogens is 248 g/mol. The molecule has 0 fully saturated rings. The van der Waals surface area contributed by atoms with Crippen molar-refractivity contribution in [2.45, 2.75) is 24.4 Å². The van der Waals surface area contributed by atoms with Crippen LogP contribution in [0, 0.1) is 0 Å². The molecule has 0 aliphatic rings. The Labute approximate surface area is 82.6 Å². The molecule has 0 radical (unpaired) electrons. The second kappa shape index (κ2) is 5.63. The van der Waals surface area contributed by atoms with Crippen molar-refractivity contribution in [1.29, 1.82) is 0 Å². The van der Waals surface area contributed by atoms with Gasteiger partial charge in [-0.25, -0.2) is 0 Å². The van der Waals surface area contributed by atoms with Gasteiger partial charge in [0.15, 0.2) is 6.10 Å². The molecule has 0 unspecified atom stereocenters. The zero-order valence-corrected chi connectivity index (χ0v) is 8.12. The van der Waals surface area contributed by atoms with Crippen molar-refractivity contribution in [2.24, 2.45) is 0 Å². The summed E-state index contributed by atoms with van der Waals surface area (Å²) in [5, 5.41) is 44.2. The maximum absolute atomic E-state index is 10.5. The lowest BCUT2D eigenvalue weighted by Gasteiger charge is -2.23. The third-order valence-corrected chi connectivity index (χ3v) is 1.96. The van der Waals surface area contributed by atoms with Crippen molar-refractivity contribution in [1.82, 2.24) is 0 Å². The second-order valence-corrected chi connectivity index (χ2v) is 3.26. The van der Waals surface area contributed by atoms with E-state index in [1.165, 1.54) is 0 Å². The first kappa shape index (κ1) is 12.9. The predicted octanol–water partition coefficient (Wildman–Crippen LogP) is -2.66. The average molecular weight is 259 g/mol. The van der Waals surface area contributed by atoms with Gasteiger partial charge in [0.2, 0.25) is 4.69 Å². The minimum Gasteiger partial charge on any atom is -0.394 e. The van der Waals surface area contributed by atoms with Crippen molar-refractivity contribution in [3.63, 3.8) is 0 Å². The van der Waals surface area contributed by atoms with Gasteiger partial charge in [-0.1, -0.05) is 0 Å². The third kappa shape index (κ3) is 3.67. The molecule has 0 aliphatic heterocycles. The summed E-state index contributed by atoms with van der Waals surface area (Å²) in [6.07, 6.45) is -7.05. The number of halogens is 1. The average Bonchev–Trinajstić information content (AvgIpc) is 2.12. The van der Waals surface area contributed by atoms with E-state index in [2.05, 4.69) is 15.9 Å². The first-order valence-electron chi connectivity index (χ1n) is 3.44. The van der Waals surface area contributed by atoms with Crippen molar-refractivity contribution >= 4 is 20.6 Å². The molecule has 0 aliphatic carbocycles. The molecule has 0 aromatic heterocycles. The lowest BCUT2D eigenvalue weighted by molar-refractivity contribution is -0.138. The summed E-state index contributed by atoms with van der Waals surface area (Å²) in [4.78, 5) is 10.5. The fourth-order valence-corrected chi connectivity index (χ4v) is 0.927. The predicted molar refractivity (Wildman–Crippen MR) is 45.0 cm³/mol. The van der Waals surface area contributed by atoms with Crippen LogP contribution in [0.4, 0.5) is 0 Å². The van der Waals surface area contributed by atoms with Crippen LogP contribution in [0.2, 0.25) is 0 Å². The van der Waals surface area contributed by atoms with Crippen molar-refractivity contribution in [3.05, 3.63) is 0 Å². The van der Waals surface area contributed by atoms with Crippen LogP contribution in [0.3, 0.4) is 0 Å². The maximum atomic E-state index is 10.5. The highest BCUT2D eigenvalue weighted by atomic mass is 79.9. The van der Waals surface area contributed by atoms with Gasteiger partial charge in [0.05, 0.1) is 6.61 Å². The fraction of sp³-hybridized carbons (Fsp3) is 0.833. The lowest BCUT2D eigenvalue weighted by Crippen LogP contribution is -2.47. The van der Waals surface area contributed by atoms with E-state index in [1.807, 2.05) is 0 Å². The molecule has 13 heavy (non-hydrogen) atoms. The van der Waals surface area contributed by atoms with Crippen LogP contribution in [0.15, 0.2) is 0 Å². The van der Waals surface area contributed by atoms with Gasteiger partial charge in [-0.2, -0.15) is 0 Å². The van der Waals surface area contributed by atoms with E-state index in [0.717, 1.165) is 0 Å². The van der Waals surface area contributed by atoms with Gasteiger partial charge in [0.1, 0.15) is 18.3 Å². The Kier molecular flexibility index (Phi) is 5.61. The molecule has 0 rings (SSSR count). The standard InChI is InChI=1S/C6H11BrO6/c7-6(13)5(12)4(11)3(10)2(9)1-8/h2-5,8-12H,1H2/t2-,3+,4+,5-/m1/s1. The number of aliphatic hydroxyl groups is 5. The quantitative estimate of drug-likeness (QED) is 0.344. The van der Waals surface area contributed by atoms with Crippen LogP contribution in [-0.4, -0.2) is 61.2 Å². The molecular formula is C6H11BrO6. The molecule has 0 aromatic rings. The van der Waals surface area contributed by atoms with E-state index in [4.69, 9.17) is 25.5 Å². The van der Waals surface area contributed by atoms with Crippen molar-refractivity contribution in [2.75, 3.05) is 6.61 Å². The molecule has 0 bridgehead atoms. The first-order valence-corrected chi connectivity index (χ1v) is 4.23. The van der Waals surface area contributed by atoms with E-state index in [0.29, 0.717) is 0 Å². The largest absolute Gasteiger partial charge is 0.394 e. The number of carbonyl (C=O) groups excluding carboxylic acids is 1. The van der Waals surface area contributed by atoms with Crippen LogP contribution in [0.5, 0.6) is 0 Å². The summed E-state index contributed by atoms with van der Waals surface area (Å²) in [5.41, 5.74) is 0. The molecule has 0 amide bonds. The second-order valence-electron chi connectivity index (χ2n) is 2.48. The third-order valence-electron chi connectivity index (χ3n) is 1.49. The number of rotatable bonds is 5. The van der Waals surface area contributed by atoms with Crippen LogP contribution in [0.25, 0.3) is 0 Å². The van der Waals surface area contributed by atoms with Crippen LogP contribution in [0.1, 0.15) is 0 Å². The zero-order chi connectivity index (χ0) is 10.6. The summed E-state index contributed by atoms with van der Waals surface area (Å²) in [7, 11) is 0. The SMILES string of the molecule is O=C(Br)[C@H](O)[C@@H](O)[C@@H](O)[C@H](O)CO. The molecule has 5 N–H and O–H groups in total. The van der Waals surface area contributed by atoms with Crippen molar-refractivity contribution < 1.29 is 30.3 Å². The van der Waals surface area contributed by atoms with Crippen LogP contribution >= 0.6 is 15.9 Å². The fourth-order valence-electron chi connectivity index (χ4n) is 0.657. The van der Waals surface area contributed by atoms with E-state index < -0.39 is 35.7 Å². The topological polar surface area (TPSA) is 118 Å². The van der Waals surface area contributed by atoms with Gasteiger partial charge in [-0.3, -0.25) is 4.79 Å². The Morgan fingerprint density at radius 3 is 1.92 bits per heavy atom. The van der Waals surface area contributed by atoms with E-state index >= 15 is 0 Å². The highest BCUT2D eigenvalue weighted by Crippen LogP contribution is 2.07. The smallest absolute Gasteiger partial charge is 0.228 e. The van der Waals surface area contributed by atoms with Gasteiger partial charge in [-0.05, 0) is 15.9 Å².